The molecule has 0 N–H and O–H groups in total. The number of thioether (sulfide) groups is 1. The lowest BCUT2D eigenvalue weighted by Crippen LogP contribution is -2.39. The lowest BCUT2D eigenvalue weighted by atomic mass is 9.94. The Labute approximate surface area is 95.4 Å². The summed E-state index contributed by atoms with van der Waals surface area (Å²) in [5.41, 5.74) is -0.392. The molecule has 5 heteroatoms. The summed E-state index contributed by atoms with van der Waals surface area (Å²) in [6.45, 7) is 0. The minimum atomic E-state index is -0.392. The molecule has 0 aliphatic carbocycles. The number of aldehydes is 1. The molecular weight excluding hydrogens is 264 g/mol. The van der Waals surface area contributed by atoms with E-state index in [-0.39, 0.29) is 0 Å². The van der Waals surface area contributed by atoms with E-state index in [0.717, 1.165) is 35.1 Å². The highest BCUT2D eigenvalue weighted by Crippen LogP contribution is 2.32. The molecular formula is C9H11BrN2OS. The SMILES string of the molecule is O=CC1(n2cc(Br)cn2)CCSCC1. The molecule has 14 heavy (non-hydrogen) atoms. The number of hydrogen-bond donors (Lipinski definition) is 0. The molecule has 1 saturated heterocycles. The van der Waals surface area contributed by atoms with E-state index >= 15 is 0 Å². The first kappa shape index (κ1) is 10.2. The Morgan fingerprint density at radius 2 is 2.29 bits per heavy atom. The predicted octanol–water partition coefficient (Wildman–Crippen LogP) is 2.07. The molecule has 2 rings (SSSR count). The van der Waals surface area contributed by atoms with Gasteiger partial charge < -0.3 is 4.79 Å². The van der Waals surface area contributed by atoms with Crippen LogP contribution in [0.2, 0.25) is 0 Å². The van der Waals surface area contributed by atoms with Gasteiger partial charge in [0, 0.05) is 6.20 Å². The van der Waals surface area contributed by atoms with Crippen molar-refractivity contribution in [2.45, 2.75) is 18.4 Å². The van der Waals surface area contributed by atoms with Gasteiger partial charge in [-0.05, 0) is 40.3 Å². The smallest absolute Gasteiger partial charge is 0.147 e. The molecule has 1 aromatic heterocycles. The molecule has 0 atom stereocenters. The van der Waals surface area contributed by atoms with E-state index in [1.165, 1.54) is 0 Å². The number of aromatic nitrogens is 2. The van der Waals surface area contributed by atoms with Crippen LogP contribution in [0.5, 0.6) is 0 Å². The summed E-state index contributed by atoms with van der Waals surface area (Å²) >= 11 is 5.25. The average Bonchev–Trinajstić information content (AvgIpc) is 2.66. The Morgan fingerprint density at radius 3 is 2.79 bits per heavy atom. The number of nitrogens with zero attached hydrogens (tertiary/aromatic N) is 2. The third-order valence-corrected chi connectivity index (χ3v) is 3.98. The molecule has 1 aliphatic rings. The molecule has 0 bridgehead atoms. The summed E-state index contributed by atoms with van der Waals surface area (Å²) in [4.78, 5) is 11.2. The molecule has 1 fully saturated rings. The first-order valence-corrected chi connectivity index (χ1v) is 6.46. The van der Waals surface area contributed by atoms with E-state index in [2.05, 4.69) is 21.0 Å². The number of rotatable bonds is 2. The standard InChI is InChI=1S/C9H11BrN2OS/c10-8-5-11-12(6-8)9(7-13)1-3-14-4-2-9/h5-7H,1-4H2. The van der Waals surface area contributed by atoms with Crippen molar-refractivity contribution in [1.29, 1.82) is 0 Å². The van der Waals surface area contributed by atoms with Crippen molar-refractivity contribution in [2.75, 3.05) is 11.5 Å². The van der Waals surface area contributed by atoms with Gasteiger partial charge in [-0.2, -0.15) is 16.9 Å². The van der Waals surface area contributed by atoms with Crippen molar-refractivity contribution in [3.8, 4) is 0 Å². The largest absolute Gasteiger partial charge is 0.301 e. The van der Waals surface area contributed by atoms with Crippen LogP contribution >= 0.6 is 27.7 Å². The third-order valence-electron chi connectivity index (χ3n) is 2.59. The van der Waals surface area contributed by atoms with E-state index in [1.807, 2.05) is 18.0 Å². The van der Waals surface area contributed by atoms with Gasteiger partial charge in [-0.1, -0.05) is 0 Å². The van der Waals surface area contributed by atoms with Crippen LogP contribution in [-0.4, -0.2) is 27.6 Å². The third kappa shape index (κ3) is 1.75. The molecule has 3 nitrogen and oxygen atoms in total. The van der Waals surface area contributed by atoms with Crippen molar-refractivity contribution in [2.24, 2.45) is 0 Å². The number of halogens is 1. The van der Waals surface area contributed by atoms with E-state index in [4.69, 9.17) is 0 Å². The molecule has 76 valence electrons. The van der Waals surface area contributed by atoms with Crippen LogP contribution in [0.1, 0.15) is 12.8 Å². The Hall–Kier alpha value is -0.290. The quantitative estimate of drug-likeness (QED) is 0.775. The number of carbonyl (C=O) groups is 1. The fourth-order valence-corrected chi connectivity index (χ4v) is 3.16. The fraction of sp³-hybridized carbons (Fsp3) is 0.556. The zero-order valence-corrected chi connectivity index (χ0v) is 10.1. The highest BCUT2D eigenvalue weighted by molar-refractivity contribution is 9.10. The minimum absolute atomic E-state index is 0.392. The Morgan fingerprint density at radius 1 is 1.57 bits per heavy atom. The molecule has 2 heterocycles. The van der Waals surface area contributed by atoms with E-state index in [1.54, 1.807) is 10.9 Å². The average molecular weight is 275 g/mol. The number of hydrogen-bond acceptors (Lipinski definition) is 3. The van der Waals surface area contributed by atoms with E-state index in [9.17, 15) is 4.79 Å². The lowest BCUT2D eigenvalue weighted by Gasteiger charge is -2.31. The lowest BCUT2D eigenvalue weighted by molar-refractivity contribution is -0.116. The van der Waals surface area contributed by atoms with Gasteiger partial charge in [-0.25, -0.2) is 0 Å². The Balaban J connectivity index is 2.31. The number of carbonyl (C=O) groups excluding carboxylic acids is 1. The minimum Gasteiger partial charge on any atom is -0.301 e. The second-order valence-corrected chi connectivity index (χ2v) is 5.58. The summed E-state index contributed by atoms with van der Waals surface area (Å²) in [5, 5.41) is 4.21. The maximum atomic E-state index is 11.2. The molecule has 0 radical (unpaired) electrons. The normalized spacial score (nSPS) is 20.6. The second-order valence-electron chi connectivity index (χ2n) is 3.44. The zero-order chi connectivity index (χ0) is 10.0. The molecule has 0 unspecified atom stereocenters. The maximum Gasteiger partial charge on any atom is 0.147 e. The van der Waals surface area contributed by atoms with Gasteiger partial charge in [0.15, 0.2) is 0 Å². The summed E-state index contributed by atoms with van der Waals surface area (Å²) in [6, 6.07) is 0. The predicted molar refractivity (Wildman–Crippen MR) is 60.5 cm³/mol. The topological polar surface area (TPSA) is 34.9 Å². The van der Waals surface area contributed by atoms with Crippen molar-refractivity contribution < 1.29 is 4.79 Å². The summed E-state index contributed by atoms with van der Waals surface area (Å²) in [6.07, 6.45) is 6.42. The second kappa shape index (κ2) is 4.06. The van der Waals surface area contributed by atoms with Crippen LogP contribution in [0.4, 0.5) is 0 Å². The Bertz CT molecular complexity index is 333. The van der Waals surface area contributed by atoms with Gasteiger partial charge in [-0.15, -0.1) is 0 Å². The van der Waals surface area contributed by atoms with Gasteiger partial charge in [0.2, 0.25) is 0 Å². The van der Waals surface area contributed by atoms with Crippen LogP contribution in [-0.2, 0) is 10.3 Å². The van der Waals surface area contributed by atoms with Crippen molar-refractivity contribution in [3.05, 3.63) is 16.9 Å². The van der Waals surface area contributed by atoms with Crippen molar-refractivity contribution in [1.82, 2.24) is 9.78 Å². The monoisotopic (exact) mass is 274 g/mol. The molecule has 0 spiro atoms. The molecule has 0 saturated carbocycles. The van der Waals surface area contributed by atoms with Crippen molar-refractivity contribution in [3.63, 3.8) is 0 Å². The first-order chi connectivity index (χ1) is 6.77. The Kier molecular flexibility index (Phi) is 2.97. The van der Waals surface area contributed by atoms with Crippen LogP contribution in [0.15, 0.2) is 16.9 Å². The van der Waals surface area contributed by atoms with Crippen LogP contribution in [0, 0.1) is 0 Å². The summed E-state index contributed by atoms with van der Waals surface area (Å²) in [7, 11) is 0. The highest BCUT2D eigenvalue weighted by Gasteiger charge is 2.34. The molecule has 1 aromatic rings. The van der Waals surface area contributed by atoms with E-state index < -0.39 is 5.54 Å². The molecule has 0 amide bonds. The molecule has 1 aliphatic heterocycles. The van der Waals surface area contributed by atoms with Gasteiger partial charge in [-0.3, -0.25) is 4.68 Å². The van der Waals surface area contributed by atoms with Crippen LogP contribution < -0.4 is 0 Å². The van der Waals surface area contributed by atoms with Gasteiger partial charge in [0.25, 0.3) is 0 Å². The van der Waals surface area contributed by atoms with Gasteiger partial charge >= 0.3 is 0 Å². The maximum absolute atomic E-state index is 11.2. The summed E-state index contributed by atoms with van der Waals surface area (Å²) < 4.78 is 2.72. The van der Waals surface area contributed by atoms with Gasteiger partial charge in [0.1, 0.15) is 11.8 Å². The van der Waals surface area contributed by atoms with Crippen molar-refractivity contribution >= 4 is 34.0 Å². The first-order valence-electron chi connectivity index (χ1n) is 4.52. The van der Waals surface area contributed by atoms with Crippen LogP contribution in [0.3, 0.4) is 0 Å². The summed E-state index contributed by atoms with van der Waals surface area (Å²) in [5.74, 6) is 2.08. The highest BCUT2D eigenvalue weighted by atomic mass is 79.9. The fourth-order valence-electron chi connectivity index (χ4n) is 1.67. The van der Waals surface area contributed by atoms with Crippen LogP contribution in [0.25, 0.3) is 0 Å². The molecule has 0 aromatic carbocycles. The zero-order valence-electron chi connectivity index (χ0n) is 7.65. The van der Waals surface area contributed by atoms with E-state index in [0.29, 0.717) is 0 Å². The van der Waals surface area contributed by atoms with Gasteiger partial charge in [0.05, 0.1) is 10.7 Å².